The van der Waals surface area contributed by atoms with Crippen molar-refractivity contribution >= 4 is 33.6 Å². The molecule has 0 saturated carbocycles. The van der Waals surface area contributed by atoms with Gasteiger partial charge in [-0.1, -0.05) is 54.6 Å². The Bertz CT molecular complexity index is 1500. The van der Waals surface area contributed by atoms with E-state index in [1.165, 1.54) is 6.26 Å². The van der Waals surface area contributed by atoms with E-state index in [9.17, 15) is 4.79 Å². The molecule has 3 heterocycles. The Hall–Kier alpha value is -3.32. The smallest absolute Gasteiger partial charge is 0.199 e. The number of benzene rings is 3. The first kappa shape index (κ1) is 18.4. The lowest BCUT2D eigenvalue weighted by atomic mass is 9.95. The number of halogens is 1. The molecule has 0 radical (unpaired) electrons. The van der Waals surface area contributed by atoms with Gasteiger partial charge in [0.05, 0.1) is 25.6 Å². The molecule has 2 aromatic heterocycles. The molecule has 4 nitrogen and oxygen atoms in total. The van der Waals surface area contributed by atoms with Crippen LogP contribution in [0.1, 0.15) is 17.2 Å². The third-order valence-electron chi connectivity index (χ3n) is 5.55. The summed E-state index contributed by atoms with van der Waals surface area (Å²) in [6.07, 6.45) is 0.886. The Morgan fingerprint density at radius 1 is 0.806 bits per heavy atom. The molecule has 0 N–H and O–H groups in total. The molecular weight excluding hydrogens is 503 g/mol. The summed E-state index contributed by atoms with van der Waals surface area (Å²) < 4.78 is 19.5. The van der Waals surface area contributed by atoms with Gasteiger partial charge < -0.3 is 13.6 Å². The summed E-state index contributed by atoms with van der Waals surface area (Å²) in [5, 5.41) is 0.533. The third kappa shape index (κ3) is 2.84. The van der Waals surface area contributed by atoms with E-state index in [1.807, 2.05) is 66.7 Å². The van der Waals surface area contributed by atoms with Crippen molar-refractivity contribution in [1.29, 1.82) is 0 Å². The molecule has 0 bridgehead atoms. The van der Waals surface area contributed by atoms with E-state index in [4.69, 9.17) is 13.6 Å². The second kappa shape index (κ2) is 7.13. The van der Waals surface area contributed by atoms with Crippen LogP contribution in [0, 0.1) is 3.57 Å². The van der Waals surface area contributed by atoms with Crippen LogP contribution >= 0.6 is 22.6 Å². The average Bonchev–Trinajstić information content (AvgIpc) is 3.17. The number of rotatable bonds is 2. The zero-order chi connectivity index (χ0) is 20.9. The van der Waals surface area contributed by atoms with Crippen LogP contribution in [0.3, 0.4) is 0 Å². The lowest BCUT2D eigenvalue weighted by Gasteiger charge is -2.25. The highest BCUT2D eigenvalue weighted by Crippen LogP contribution is 2.50. The fourth-order valence-electron chi connectivity index (χ4n) is 4.07. The zero-order valence-corrected chi connectivity index (χ0v) is 18.3. The Labute approximate surface area is 191 Å². The molecular formula is C26H15IO4. The molecule has 0 amide bonds. The minimum atomic E-state index is -0.626. The molecule has 6 rings (SSSR count). The molecule has 1 unspecified atom stereocenters. The van der Waals surface area contributed by atoms with Crippen LogP contribution in [0.4, 0.5) is 0 Å². The monoisotopic (exact) mass is 518 g/mol. The largest absolute Gasteiger partial charge is 0.480 e. The summed E-state index contributed by atoms with van der Waals surface area (Å²) in [5.74, 6) is 2.17. The standard InChI is InChI=1S/C26H15IO4/c27-22-21-25(31-24(22)15-8-2-1-3-9-15)17-11-5-7-13-20(17)30-26(21)18-14-29-19-12-6-4-10-16(19)23(18)28/h1-14,26H. The fourth-order valence-corrected chi connectivity index (χ4v) is 5.02. The van der Waals surface area contributed by atoms with Crippen LogP contribution < -0.4 is 10.2 Å². The van der Waals surface area contributed by atoms with Crippen molar-refractivity contribution in [1.82, 2.24) is 0 Å². The number of hydrogen-bond acceptors (Lipinski definition) is 4. The number of para-hydroxylation sites is 2. The van der Waals surface area contributed by atoms with Crippen molar-refractivity contribution in [2.75, 3.05) is 0 Å². The van der Waals surface area contributed by atoms with E-state index in [2.05, 4.69) is 22.6 Å². The van der Waals surface area contributed by atoms with Gasteiger partial charge >= 0.3 is 0 Å². The van der Waals surface area contributed by atoms with Gasteiger partial charge in [-0.2, -0.15) is 0 Å². The Kier molecular flexibility index (Phi) is 4.24. The van der Waals surface area contributed by atoms with E-state index in [1.54, 1.807) is 12.1 Å². The van der Waals surface area contributed by atoms with Gasteiger partial charge in [0, 0.05) is 5.56 Å². The molecule has 5 heteroatoms. The van der Waals surface area contributed by atoms with Crippen LogP contribution in [0.2, 0.25) is 0 Å². The van der Waals surface area contributed by atoms with Crippen LogP contribution in [0.25, 0.3) is 33.6 Å². The fraction of sp³-hybridized carbons (Fsp3) is 0.0385. The van der Waals surface area contributed by atoms with Crippen molar-refractivity contribution in [2.24, 2.45) is 0 Å². The van der Waals surface area contributed by atoms with Crippen LogP contribution in [0.5, 0.6) is 5.75 Å². The maximum atomic E-state index is 13.4. The van der Waals surface area contributed by atoms with Crippen molar-refractivity contribution in [2.45, 2.75) is 6.10 Å². The Balaban J connectivity index is 1.63. The van der Waals surface area contributed by atoms with Gasteiger partial charge in [0.2, 0.25) is 0 Å². The van der Waals surface area contributed by atoms with Crippen molar-refractivity contribution in [3.63, 3.8) is 0 Å². The Morgan fingerprint density at radius 2 is 1.55 bits per heavy atom. The highest BCUT2D eigenvalue weighted by molar-refractivity contribution is 14.1. The number of fused-ring (bicyclic) bond motifs is 4. The normalized spacial score (nSPS) is 14.7. The first-order valence-electron chi connectivity index (χ1n) is 9.86. The van der Waals surface area contributed by atoms with Crippen LogP contribution in [-0.4, -0.2) is 0 Å². The van der Waals surface area contributed by atoms with Crippen LogP contribution in [-0.2, 0) is 0 Å². The van der Waals surface area contributed by atoms with E-state index in [0.29, 0.717) is 22.3 Å². The van der Waals surface area contributed by atoms with E-state index >= 15 is 0 Å². The lowest BCUT2D eigenvalue weighted by molar-refractivity contribution is 0.236. The lowest BCUT2D eigenvalue weighted by Crippen LogP contribution is -2.22. The molecule has 1 aliphatic heterocycles. The van der Waals surface area contributed by atoms with E-state index in [0.717, 1.165) is 31.8 Å². The molecule has 0 aliphatic carbocycles. The minimum absolute atomic E-state index is 0.101. The quantitative estimate of drug-likeness (QED) is 0.241. The van der Waals surface area contributed by atoms with Gasteiger partial charge in [-0.05, 0) is 46.9 Å². The van der Waals surface area contributed by atoms with Gasteiger partial charge in [0.1, 0.15) is 29.1 Å². The first-order chi connectivity index (χ1) is 15.2. The SMILES string of the molecule is O=c1c(C2Oc3ccccc3-c3oc(-c4ccccc4)c(I)c32)coc2ccccc12. The van der Waals surface area contributed by atoms with Gasteiger partial charge in [-0.25, -0.2) is 0 Å². The topological polar surface area (TPSA) is 52.6 Å². The van der Waals surface area contributed by atoms with Gasteiger partial charge in [0.25, 0.3) is 0 Å². The molecule has 5 aromatic rings. The predicted octanol–water partition coefficient (Wildman–Crippen LogP) is 6.81. The maximum Gasteiger partial charge on any atom is 0.199 e. The molecule has 1 atom stereocenters. The third-order valence-corrected chi connectivity index (χ3v) is 6.62. The van der Waals surface area contributed by atoms with E-state index < -0.39 is 6.10 Å². The summed E-state index contributed by atoms with van der Waals surface area (Å²) in [7, 11) is 0. The summed E-state index contributed by atoms with van der Waals surface area (Å²) >= 11 is 2.29. The second-order valence-corrected chi connectivity index (χ2v) is 8.44. The van der Waals surface area contributed by atoms with Crippen molar-refractivity contribution in [3.8, 4) is 28.4 Å². The molecule has 0 spiro atoms. The molecule has 3 aromatic carbocycles. The number of furan rings is 1. The highest BCUT2D eigenvalue weighted by Gasteiger charge is 2.36. The zero-order valence-electron chi connectivity index (χ0n) is 16.2. The summed E-state index contributed by atoms with van der Waals surface area (Å²) in [4.78, 5) is 13.4. The van der Waals surface area contributed by atoms with Crippen LogP contribution in [0.15, 0.2) is 98.8 Å². The minimum Gasteiger partial charge on any atom is -0.480 e. The summed E-state index contributed by atoms with van der Waals surface area (Å²) in [5.41, 5.74) is 3.60. The summed E-state index contributed by atoms with van der Waals surface area (Å²) in [6.45, 7) is 0. The molecule has 0 saturated heterocycles. The van der Waals surface area contributed by atoms with Crippen molar-refractivity contribution in [3.05, 3.63) is 110 Å². The average molecular weight is 518 g/mol. The first-order valence-corrected chi connectivity index (χ1v) is 10.9. The highest BCUT2D eigenvalue weighted by atomic mass is 127. The molecule has 150 valence electrons. The van der Waals surface area contributed by atoms with Gasteiger partial charge in [-0.15, -0.1) is 0 Å². The van der Waals surface area contributed by atoms with Crippen molar-refractivity contribution < 1.29 is 13.6 Å². The van der Waals surface area contributed by atoms with Gasteiger partial charge in [-0.3, -0.25) is 4.79 Å². The maximum absolute atomic E-state index is 13.4. The van der Waals surface area contributed by atoms with E-state index in [-0.39, 0.29) is 5.43 Å². The molecule has 0 fully saturated rings. The van der Waals surface area contributed by atoms with Gasteiger partial charge in [0.15, 0.2) is 11.5 Å². The summed E-state index contributed by atoms with van der Waals surface area (Å²) in [6, 6.07) is 24.9. The Morgan fingerprint density at radius 3 is 2.42 bits per heavy atom. The molecule has 1 aliphatic rings. The molecule has 31 heavy (non-hydrogen) atoms. The number of hydrogen-bond donors (Lipinski definition) is 0. The number of ether oxygens (including phenoxy) is 1. The predicted molar refractivity (Wildman–Crippen MR) is 127 cm³/mol. The second-order valence-electron chi connectivity index (χ2n) is 7.36.